The second kappa shape index (κ2) is 6.14. The Balaban J connectivity index is 2.33. The van der Waals surface area contributed by atoms with Crippen LogP contribution in [0.2, 0.25) is 0 Å². The lowest BCUT2D eigenvalue weighted by molar-refractivity contribution is -0.139. The van der Waals surface area contributed by atoms with Crippen LogP contribution in [0.1, 0.15) is 50.8 Å². The van der Waals surface area contributed by atoms with Crippen molar-refractivity contribution in [2.45, 2.75) is 46.1 Å². The standard InChI is InChI=1S/C16H24N4O3/c1-6-19-7-8-20(10(2)13(19)21)14(22)11-9-12(16(3,4)5)18-15(23)17-11/h9-10H,6-8H2,1-5H3,(H,17,18,23)/t10-/m0/s1. The van der Waals surface area contributed by atoms with Crippen LogP contribution in [-0.4, -0.2) is 57.3 Å². The highest BCUT2D eigenvalue weighted by Crippen LogP contribution is 2.20. The van der Waals surface area contributed by atoms with E-state index in [4.69, 9.17) is 0 Å². The van der Waals surface area contributed by atoms with Gasteiger partial charge in [0.1, 0.15) is 11.7 Å². The molecule has 7 nitrogen and oxygen atoms in total. The number of nitrogens with zero attached hydrogens (tertiary/aromatic N) is 3. The molecule has 0 spiro atoms. The predicted molar refractivity (Wildman–Crippen MR) is 86.3 cm³/mol. The molecule has 0 radical (unpaired) electrons. The summed E-state index contributed by atoms with van der Waals surface area (Å²) in [7, 11) is 0. The van der Waals surface area contributed by atoms with E-state index in [1.54, 1.807) is 17.9 Å². The van der Waals surface area contributed by atoms with Gasteiger partial charge < -0.3 is 14.8 Å². The first kappa shape index (κ1) is 17.2. The summed E-state index contributed by atoms with van der Waals surface area (Å²) in [6.07, 6.45) is 0. The summed E-state index contributed by atoms with van der Waals surface area (Å²) in [6.45, 7) is 11.0. The van der Waals surface area contributed by atoms with E-state index in [1.165, 1.54) is 4.90 Å². The van der Waals surface area contributed by atoms with Gasteiger partial charge in [-0.05, 0) is 19.9 Å². The molecule has 1 atom stereocenters. The number of carbonyl (C=O) groups is 2. The molecule has 2 amide bonds. The molecule has 23 heavy (non-hydrogen) atoms. The average Bonchev–Trinajstić information content (AvgIpc) is 2.48. The Hall–Kier alpha value is -2.18. The molecular weight excluding hydrogens is 296 g/mol. The SMILES string of the molecule is CCN1CCN(C(=O)c2cc(C(C)(C)C)[nH]c(=O)n2)[C@@H](C)C1=O. The Labute approximate surface area is 135 Å². The van der Waals surface area contributed by atoms with Gasteiger partial charge in [-0.1, -0.05) is 20.8 Å². The summed E-state index contributed by atoms with van der Waals surface area (Å²) in [5.74, 6) is -0.453. The highest BCUT2D eigenvalue weighted by atomic mass is 16.2. The fraction of sp³-hybridized carbons (Fsp3) is 0.625. The van der Waals surface area contributed by atoms with Crippen LogP contribution in [-0.2, 0) is 10.2 Å². The van der Waals surface area contributed by atoms with Gasteiger partial charge in [0, 0.05) is 30.7 Å². The molecule has 1 N–H and O–H groups in total. The average molecular weight is 320 g/mol. The van der Waals surface area contributed by atoms with Gasteiger partial charge in [-0.25, -0.2) is 4.79 Å². The van der Waals surface area contributed by atoms with Gasteiger partial charge in [-0.2, -0.15) is 4.98 Å². The Bertz CT molecular complexity index is 675. The highest BCUT2D eigenvalue weighted by Gasteiger charge is 2.34. The molecule has 0 aromatic carbocycles. The Morgan fingerprint density at radius 3 is 2.57 bits per heavy atom. The lowest BCUT2D eigenvalue weighted by Crippen LogP contribution is -2.57. The minimum Gasteiger partial charge on any atom is -0.339 e. The smallest absolute Gasteiger partial charge is 0.339 e. The summed E-state index contributed by atoms with van der Waals surface area (Å²) in [5, 5.41) is 0. The number of hydrogen-bond donors (Lipinski definition) is 1. The van der Waals surface area contributed by atoms with Gasteiger partial charge in [0.2, 0.25) is 5.91 Å². The summed E-state index contributed by atoms with van der Waals surface area (Å²) >= 11 is 0. The molecule has 0 saturated carbocycles. The molecule has 0 aliphatic carbocycles. The van der Waals surface area contributed by atoms with Crippen molar-refractivity contribution >= 4 is 11.8 Å². The molecule has 1 aliphatic heterocycles. The number of aromatic amines is 1. The van der Waals surface area contributed by atoms with E-state index in [0.29, 0.717) is 25.3 Å². The van der Waals surface area contributed by atoms with E-state index < -0.39 is 11.7 Å². The summed E-state index contributed by atoms with van der Waals surface area (Å²) in [4.78, 5) is 46.4. The number of nitrogens with one attached hydrogen (secondary N) is 1. The van der Waals surface area contributed by atoms with Crippen LogP contribution in [0.3, 0.4) is 0 Å². The van der Waals surface area contributed by atoms with Crippen LogP contribution in [0.4, 0.5) is 0 Å². The maximum atomic E-state index is 12.7. The van der Waals surface area contributed by atoms with Gasteiger partial charge in [-0.3, -0.25) is 9.59 Å². The molecule has 2 rings (SSSR count). The number of hydrogen-bond acceptors (Lipinski definition) is 4. The van der Waals surface area contributed by atoms with Crippen LogP contribution >= 0.6 is 0 Å². The van der Waals surface area contributed by atoms with Crippen molar-refractivity contribution in [3.63, 3.8) is 0 Å². The zero-order chi connectivity index (χ0) is 17.4. The first-order valence-corrected chi connectivity index (χ1v) is 7.86. The van der Waals surface area contributed by atoms with E-state index in [-0.39, 0.29) is 22.9 Å². The van der Waals surface area contributed by atoms with Gasteiger partial charge >= 0.3 is 5.69 Å². The fourth-order valence-corrected chi connectivity index (χ4v) is 2.64. The minimum atomic E-state index is -0.549. The Morgan fingerprint density at radius 1 is 1.35 bits per heavy atom. The van der Waals surface area contributed by atoms with Gasteiger partial charge in [0.15, 0.2) is 0 Å². The third-order valence-electron chi connectivity index (χ3n) is 4.16. The van der Waals surface area contributed by atoms with Gasteiger partial charge in [-0.15, -0.1) is 0 Å². The quantitative estimate of drug-likeness (QED) is 0.871. The van der Waals surface area contributed by atoms with E-state index in [0.717, 1.165) is 0 Å². The third kappa shape index (κ3) is 3.43. The summed E-state index contributed by atoms with van der Waals surface area (Å²) in [5.41, 5.74) is -0.123. The van der Waals surface area contributed by atoms with Crippen LogP contribution in [0.25, 0.3) is 0 Å². The largest absolute Gasteiger partial charge is 0.345 e. The van der Waals surface area contributed by atoms with Crippen molar-refractivity contribution in [1.29, 1.82) is 0 Å². The lowest BCUT2D eigenvalue weighted by atomic mass is 9.91. The number of likely N-dealkylation sites (N-methyl/N-ethyl adjacent to an activating group) is 1. The van der Waals surface area contributed by atoms with E-state index in [9.17, 15) is 14.4 Å². The van der Waals surface area contributed by atoms with Gasteiger partial charge in [0.25, 0.3) is 5.91 Å². The normalized spacial score (nSPS) is 19.2. The highest BCUT2D eigenvalue weighted by molar-refractivity contribution is 5.96. The molecule has 1 aromatic rings. The van der Waals surface area contributed by atoms with E-state index in [1.807, 2.05) is 27.7 Å². The minimum absolute atomic E-state index is 0.0759. The van der Waals surface area contributed by atoms with Crippen LogP contribution in [0, 0.1) is 0 Å². The molecule has 126 valence electrons. The molecule has 2 heterocycles. The Kier molecular flexibility index (Phi) is 4.58. The number of piperazine rings is 1. The maximum Gasteiger partial charge on any atom is 0.345 e. The third-order valence-corrected chi connectivity index (χ3v) is 4.16. The molecule has 7 heteroatoms. The zero-order valence-electron chi connectivity index (χ0n) is 14.3. The van der Waals surface area contributed by atoms with Crippen molar-refractivity contribution in [3.8, 4) is 0 Å². The van der Waals surface area contributed by atoms with Crippen LogP contribution in [0.5, 0.6) is 0 Å². The molecule has 1 aliphatic rings. The topological polar surface area (TPSA) is 86.4 Å². The predicted octanol–water partition coefficient (Wildman–Crippen LogP) is 0.760. The number of H-pyrrole nitrogens is 1. The second-order valence-electron chi connectivity index (χ2n) is 6.83. The number of carbonyl (C=O) groups excluding carboxylic acids is 2. The first-order chi connectivity index (χ1) is 10.6. The van der Waals surface area contributed by atoms with Crippen molar-refractivity contribution in [2.24, 2.45) is 0 Å². The summed E-state index contributed by atoms with van der Waals surface area (Å²) < 4.78 is 0. The first-order valence-electron chi connectivity index (χ1n) is 7.86. The molecular formula is C16H24N4O3. The van der Waals surface area contributed by atoms with E-state index in [2.05, 4.69) is 9.97 Å². The molecule has 1 saturated heterocycles. The van der Waals surface area contributed by atoms with Crippen molar-refractivity contribution in [3.05, 3.63) is 27.9 Å². The van der Waals surface area contributed by atoms with E-state index >= 15 is 0 Å². The molecule has 1 fully saturated rings. The second-order valence-corrected chi connectivity index (χ2v) is 6.83. The molecule has 0 unspecified atom stereocenters. The van der Waals surface area contributed by atoms with Crippen molar-refractivity contribution in [1.82, 2.24) is 19.8 Å². The van der Waals surface area contributed by atoms with Gasteiger partial charge in [0.05, 0.1) is 0 Å². The zero-order valence-corrected chi connectivity index (χ0v) is 14.3. The van der Waals surface area contributed by atoms with Crippen molar-refractivity contribution in [2.75, 3.05) is 19.6 Å². The summed E-state index contributed by atoms with van der Waals surface area (Å²) in [6, 6.07) is 1.06. The van der Waals surface area contributed by atoms with Crippen LogP contribution in [0.15, 0.2) is 10.9 Å². The Morgan fingerprint density at radius 2 is 2.00 bits per heavy atom. The number of rotatable bonds is 2. The lowest BCUT2D eigenvalue weighted by Gasteiger charge is -2.38. The monoisotopic (exact) mass is 320 g/mol. The number of amides is 2. The molecule has 1 aromatic heterocycles. The maximum absolute atomic E-state index is 12.7. The number of aromatic nitrogens is 2. The fourth-order valence-electron chi connectivity index (χ4n) is 2.64. The van der Waals surface area contributed by atoms with Crippen LogP contribution < -0.4 is 5.69 Å². The van der Waals surface area contributed by atoms with Crippen molar-refractivity contribution < 1.29 is 9.59 Å². The molecule has 0 bridgehead atoms.